The van der Waals surface area contributed by atoms with Crippen molar-refractivity contribution in [3.05, 3.63) is 96.1 Å². The van der Waals surface area contributed by atoms with E-state index in [9.17, 15) is 4.79 Å². The van der Waals surface area contributed by atoms with Crippen molar-refractivity contribution < 1.29 is 19.4 Å². The predicted octanol–water partition coefficient (Wildman–Crippen LogP) is 6.34. The Balaban J connectivity index is 1.35. The molecule has 0 aromatic heterocycles. The molecule has 0 bridgehead atoms. The Bertz CT molecular complexity index is 1200. The van der Waals surface area contributed by atoms with Crippen molar-refractivity contribution in [3.8, 4) is 11.5 Å². The van der Waals surface area contributed by atoms with Gasteiger partial charge in [0.1, 0.15) is 18.1 Å². The number of benzene rings is 4. The molecular formula is C26H22O4S. The molecule has 4 aromatic rings. The van der Waals surface area contributed by atoms with Crippen LogP contribution in [0.5, 0.6) is 11.5 Å². The lowest BCUT2D eigenvalue weighted by molar-refractivity contribution is -0.139. The summed E-state index contributed by atoms with van der Waals surface area (Å²) in [6.45, 7) is 2.09. The van der Waals surface area contributed by atoms with Gasteiger partial charge in [0.25, 0.3) is 0 Å². The van der Waals surface area contributed by atoms with Crippen LogP contribution in [0.1, 0.15) is 11.1 Å². The summed E-state index contributed by atoms with van der Waals surface area (Å²) < 4.78 is 11.2. The number of carbonyl (C=O) groups is 1. The molecule has 0 saturated heterocycles. The summed E-state index contributed by atoms with van der Waals surface area (Å²) in [7, 11) is 0. The maximum absolute atomic E-state index is 10.7. The molecule has 5 heteroatoms. The van der Waals surface area contributed by atoms with Gasteiger partial charge in [-0.15, -0.1) is 0 Å². The summed E-state index contributed by atoms with van der Waals surface area (Å²) in [5.41, 5.74) is 2.01. The molecule has 0 saturated carbocycles. The molecule has 0 unspecified atom stereocenters. The second-order valence-corrected chi connectivity index (χ2v) is 8.30. The quantitative estimate of drug-likeness (QED) is 0.353. The van der Waals surface area contributed by atoms with Gasteiger partial charge in [-0.25, -0.2) is 4.79 Å². The van der Waals surface area contributed by atoms with E-state index in [4.69, 9.17) is 14.6 Å². The highest BCUT2D eigenvalue weighted by Crippen LogP contribution is 2.31. The molecule has 0 aliphatic rings. The maximum atomic E-state index is 10.7. The van der Waals surface area contributed by atoms with Crippen molar-refractivity contribution in [2.24, 2.45) is 0 Å². The minimum absolute atomic E-state index is 0.337. The molecule has 0 atom stereocenters. The van der Waals surface area contributed by atoms with Gasteiger partial charge < -0.3 is 14.6 Å². The first-order chi connectivity index (χ1) is 15.1. The first kappa shape index (κ1) is 20.8. The van der Waals surface area contributed by atoms with Gasteiger partial charge in [0.05, 0.1) is 0 Å². The summed E-state index contributed by atoms with van der Waals surface area (Å²) in [5.74, 6) is 0.466. The second-order valence-electron chi connectivity index (χ2n) is 7.15. The Hall–Kier alpha value is -3.44. The molecule has 0 aliphatic heterocycles. The van der Waals surface area contributed by atoms with E-state index in [1.54, 1.807) is 11.8 Å². The summed E-state index contributed by atoms with van der Waals surface area (Å²) in [5, 5.41) is 11.1. The van der Waals surface area contributed by atoms with Crippen LogP contribution in [0.25, 0.3) is 10.8 Å². The van der Waals surface area contributed by atoms with Crippen molar-refractivity contribution in [1.29, 1.82) is 0 Å². The van der Waals surface area contributed by atoms with Crippen LogP contribution in [0.2, 0.25) is 0 Å². The van der Waals surface area contributed by atoms with Crippen molar-refractivity contribution in [1.82, 2.24) is 0 Å². The summed E-state index contributed by atoms with van der Waals surface area (Å²) in [6, 6.07) is 28.4. The largest absolute Gasteiger partial charge is 0.489 e. The van der Waals surface area contributed by atoms with E-state index < -0.39 is 5.97 Å². The smallest absolute Gasteiger partial charge is 0.341 e. The molecule has 0 aliphatic carbocycles. The zero-order valence-corrected chi connectivity index (χ0v) is 17.9. The number of hydrogen-bond donors (Lipinski definition) is 1. The maximum Gasteiger partial charge on any atom is 0.341 e. The molecular weight excluding hydrogens is 408 g/mol. The molecule has 156 valence electrons. The van der Waals surface area contributed by atoms with Crippen LogP contribution < -0.4 is 9.47 Å². The van der Waals surface area contributed by atoms with Crippen LogP contribution in [-0.2, 0) is 11.4 Å². The fourth-order valence-electron chi connectivity index (χ4n) is 3.20. The average molecular weight is 431 g/mol. The third-order valence-electron chi connectivity index (χ3n) is 4.78. The lowest BCUT2D eigenvalue weighted by Gasteiger charge is -2.10. The average Bonchev–Trinajstić information content (AvgIpc) is 2.78. The minimum atomic E-state index is -0.984. The molecule has 4 nitrogen and oxygen atoms in total. The van der Waals surface area contributed by atoms with Crippen molar-refractivity contribution in [3.63, 3.8) is 0 Å². The Morgan fingerprint density at radius 2 is 1.58 bits per heavy atom. The van der Waals surface area contributed by atoms with Gasteiger partial charge in [-0.3, -0.25) is 0 Å². The third-order valence-corrected chi connectivity index (χ3v) is 5.78. The van der Waals surface area contributed by atoms with E-state index in [2.05, 4.69) is 48.5 Å². The number of rotatable bonds is 8. The van der Waals surface area contributed by atoms with Gasteiger partial charge in [0.2, 0.25) is 0 Å². The fourth-order valence-corrected chi connectivity index (χ4v) is 4.12. The highest BCUT2D eigenvalue weighted by molar-refractivity contribution is 7.99. The van der Waals surface area contributed by atoms with Crippen LogP contribution in [0.3, 0.4) is 0 Å². The van der Waals surface area contributed by atoms with Gasteiger partial charge in [0, 0.05) is 9.79 Å². The Kier molecular flexibility index (Phi) is 6.43. The van der Waals surface area contributed by atoms with E-state index in [0.717, 1.165) is 26.7 Å². The van der Waals surface area contributed by atoms with Crippen molar-refractivity contribution in [2.75, 3.05) is 6.61 Å². The topological polar surface area (TPSA) is 55.8 Å². The molecule has 0 amide bonds. The summed E-state index contributed by atoms with van der Waals surface area (Å²) in [6.07, 6.45) is 0. The van der Waals surface area contributed by atoms with Crippen molar-refractivity contribution in [2.45, 2.75) is 23.3 Å². The van der Waals surface area contributed by atoms with E-state index in [1.807, 2.05) is 43.3 Å². The minimum Gasteiger partial charge on any atom is -0.489 e. The number of fused-ring (bicyclic) bond motifs is 1. The Labute approximate surface area is 185 Å². The first-order valence-corrected chi connectivity index (χ1v) is 10.7. The normalized spacial score (nSPS) is 10.7. The molecule has 0 spiro atoms. The van der Waals surface area contributed by atoms with E-state index in [1.165, 1.54) is 10.8 Å². The molecule has 0 fully saturated rings. The zero-order valence-electron chi connectivity index (χ0n) is 17.1. The molecule has 0 heterocycles. The van der Waals surface area contributed by atoms with E-state index in [0.29, 0.717) is 12.4 Å². The van der Waals surface area contributed by atoms with Gasteiger partial charge in [-0.05, 0) is 71.3 Å². The van der Waals surface area contributed by atoms with Crippen LogP contribution in [0.15, 0.2) is 94.7 Å². The zero-order chi connectivity index (χ0) is 21.6. The van der Waals surface area contributed by atoms with Gasteiger partial charge in [-0.1, -0.05) is 54.2 Å². The number of carboxylic acids is 1. The Morgan fingerprint density at radius 1 is 0.839 bits per heavy atom. The van der Waals surface area contributed by atoms with Gasteiger partial charge in [-0.2, -0.15) is 0 Å². The molecule has 0 radical (unpaired) electrons. The lowest BCUT2D eigenvalue weighted by Crippen LogP contribution is -2.09. The number of aliphatic carboxylic acids is 1. The van der Waals surface area contributed by atoms with E-state index >= 15 is 0 Å². The van der Waals surface area contributed by atoms with Gasteiger partial charge in [0.15, 0.2) is 6.61 Å². The number of aryl methyl sites for hydroxylation is 1. The molecule has 4 rings (SSSR count). The van der Waals surface area contributed by atoms with Crippen molar-refractivity contribution >= 4 is 28.5 Å². The number of carboxylic acid groups (broad SMARTS) is 1. The Morgan fingerprint density at radius 3 is 2.32 bits per heavy atom. The molecule has 4 aromatic carbocycles. The van der Waals surface area contributed by atoms with Gasteiger partial charge >= 0.3 is 5.97 Å². The fraction of sp³-hybridized carbons (Fsp3) is 0.115. The van der Waals surface area contributed by atoms with Crippen LogP contribution >= 0.6 is 11.8 Å². The molecule has 1 N–H and O–H groups in total. The number of ether oxygens (including phenoxy) is 2. The predicted molar refractivity (Wildman–Crippen MR) is 123 cm³/mol. The first-order valence-electron chi connectivity index (χ1n) is 9.90. The molecule has 31 heavy (non-hydrogen) atoms. The highest BCUT2D eigenvalue weighted by atomic mass is 32.2. The SMILES string of the molecule is Cc1cc(Sc2ccc(COc3ccc4ccccc4c3)cc2)ccc1OCC(=O)O. The highest BCUT2D eigenvalue weighted by Gasteiger charge is 2.06. The van der Waals surface area contributed by atoms with Crippen LogP contribution in [0.4, 0.5) is 0 Å². The third kappa shape index (κ3) is 5.58. The second kappa shape index (κ2) is 9.58. The summed E-state index contributed by atoms with van der Waals surface area (Å²) >= 11 is 1.65. The number of hydrogen-bond acceptors (Lipinski definition) is 4. The van der Waals surface area contributed by atoms with Crippen LogP contribution in [0, 0.1) is 6.92 Å². The summed E-state index contributed by atoms with van der Waals surface area (Å²) in [4.78, 5) is 12.8. The monoisotopic (exact) mass is 430 g/mol. The van der Waals surface area contributed by atoms with Crippen LogP contribution in [-0.4, -0.2) is 17.7 Å². The lowest BCUT2D eigenvalue weighted by atomic mass is 10.1. The standard InChI is InChI=1S/C26H22O4S/c1-18-14-24(12-13-25(18)30-17-26(27)28)31-23-10-6-19(7-11-23)16-29-22-9-8-20-4-2-3-5-21(20)15-22/h2-15H,16-17H2,1H3,(H,27,28). The van der Waals surface area contributed by atoms with E-state index in [-0.39, 0.29) is 6.61 Å².